The summed E-state index contributed by atoms with van der Waals surface area (Å²) in [6.45, 7) is 0. The van der Waals surface area contributed by atoms with Gasteiger partial charge in [-0.05, 0) is 34.5 Å². The topological polar surface area (TPSA) is 46.2 Å². The number of phenolic OH excluding ortho intramolecular Hbond substituents is 1. The highest BCUT2D eigenvalue weighted by Crippen LogP contribution is 2.34. The van der Waals surface area contributed by atoms with Crippen LogP contribution in [-0.4, -0.2) is 5.11 Å². The lowest BCUT2D eigenvalue weighted by Crippen LogP contribution is -1.86. The van der Waals surface area contributed by atoms with E-state index < -0.39 is 0 Å². The summed E-state index contributed by atoms with van der Waals surface area (Å²) >= 11 is 0. The summed E-state index contributed by atoms with van der Waals surface area (Å²) in [6.07, 6.45) is 0. The van der Waals surface area contributed by atoms with E-state index in [0.717, 1.165) is 27.6 Å². The molecule has 2 nitrogen and oxygen atoms in total. The Bertz CT molecular complexity index is 719. The van der Waals surface area contributed by atoms with Gasteiger partial charge in [0.05, 0.1) is 0 Å². The molecule has 3 rings (SSSR count). The highest BCUT2D eigenvalue weighted by atomic mass is 16.3. The zero-order valence-corrected chi connectivity index (χ0v) is 9.80. The van der Waals surface area contributed by atoms with Gasteiger partial charge in [-0.25, -0.2) is 0 Å². The van der Waals surface area contributed by atoms with Crippen molar-refractivity contribution in [3.8, 4) is 16.9 Å². The second-order valence-corrected chi connectivity index (χ2v) is 4.30. The number of hydrogen-bond acceptors (Lipinski definition) is 2. The molecule has 18 heavy (non-hydrogen) atoms. The number of hydrogen-bond donors (Lipinski definition) is 2. The molecule has 0 aromatic heterocycles. The molecule has 0 aliphatic heterocycles. The minimum absolute atomic E-state index is 0.293. The number of benzene rings is 3. The molecule has 0 spiro atoms. The number of nitrogens with two attached hydrogens (primary N) is 1. The first-order valence-electron chi connectivity index (χ1n) is 5.82. The lowest BCUT2D eigenvalue weighted by atomic mass is 9.97. The zero-order valence-electron chi connectivity index (χ0n) is 9.80. The molecule has 3 aromatic carbocycles. The number of nitrogen functional groups attached to an aromatic ring is 1. The van der Waals surface area contributed by atoms with Crippen LogP contribution in [0.4, 0.5) is 5.69 Å². The van der Waals surface area contributed by atoms with Crippen LogP contribution >= 0.6 is 0 Å². The van der Waals surface area contributed by atoms with Gasteiger partial charge in [0.15, 0.2) is 0 Å². The van der Waals surface area contributed by atoms with Crippen molar-refractivity contribution in [1.29, 1.82) is 0 Å². The van der Waals surface area contributed by atoms with Crippen molar-refractivity contribution in [3.63, 3.8) is 0 Å². The third-order valence-electron chi connectivity index (χ3n) is 3.10. The van der Waals surface area contributed by atoms with Gasteiger partial charge in [0.2, 0.25) is 0 Å². The Hall–Kier alpha value is -2.48. The van der Waals surface area contributed by atoms with Crippen molar-refractivity contribution in [2.24, 2.45) is 0 Å². The van der Waals surface area contributed by atoms with Gasteiger partial charge in [0, 0.05) is 11.3 Å². The maximum Gasteiger partial charge on any atom is 0.123 e. The van der Waals surface area contributed by atoms with Crippen LogP contribution in [-0.2, 0) is 0 Å². The van der Waals surface area contributed by atoms with E-state index in [4.69, 9.17) is 5.73 Å². The zero-order chi connectivity index (χ0) is 12.5. The van der Waals surface area contributed by atoms with E-state index in [1.807, 2.05) is 54.6 Å². The second-order valence-electron chi connectivity index (χ2n) is 4.30. The molecule has 3 aromatic rings. The number of anilines is 1. The third kappa shape index (κ3) is 1.68. The standard InChI is InChI=1S/C16H13NO/c17-12-8-9-13-11(10-12)4-3-6-14(13)15-5-1-2-7-16(15)18/h1-10,18H,17H2. The summed E-state index contributed by atoms with van der Waals surface area (Å²) in [5.74, 6) is 0.293. The fraction of sp³-hybridized carbons (Fsp3) is 0. The molecule has 0 aliphatic rings. The van der Waals surface area contributed by atoms with Crippen LogP contribution in [0.2, 0.25) is 0 Å². The Balaban J connectivity index is 2.33. The molecule has 3 N–H and O–H groups in total. The quantitative estimate of drug-likeness (QED) is 0.630. The summed E-state index contributed by atoms with van der Waals surface area (Å²) in [4.78, 5) is 0. The molecule has 0 radical (unpaired) electrons. The van der Waals surface area contributed by atoms with Crippen molar-refractivity contribution in [2.75, 3.05) is 5.73 Å². The molecule has 0 aliphatic carbocycles. The van der Waals surface area contributed by atoms with E-state index in [1.54, 1.807) is 6.07 Å². The van der Waals surface area contributed by atoms with Crippen molar-refractivity contribution in [3.05, 3.63) is 60.7 Å². The molecule has 0 heterocycles. The first-order valence-corrected chi connectivity index (χ1v) is 5.82. The monoisotopic (exact) mass is 235 g/mol. The Morgan fingerprint density at radius 2 is 1.56 bits per heavy atom. The summed E-state index contributed by atoms with van der Waals surface area (Å²) in [7, 11) is 0. The molecule has 0 saturated carbocycles. The highest BCUT2D eigenvalue weighted by molar-refractivity contribution is 5.99. The van der Waals surface area contributed by atoms with E-state index in [9.17, 15) is 5.11 Å². The molecule has 0 saturated heterocycles. The molecule has 0 atom stereocenters. The number of phenols is 1. The second kappa shape index (κ2) is 4.08. The van der Waals surface area contributed by atoms with Crippen LogP contribution in [0.25, 0.3) is 21.9 Å². The van der Waals surface area contributed by atoms with E-state index in [-0.39, 0.29) is 0 Å². The van der Waals surface area contributed by atoms with Gasteiger partial charge >= 0.3 is 0 Å². The Morgan fingerprint density at radius 3 is 2.39 bits per heavy atom. The van der Waals surface area contributed by atoms with Gasteiger partial charge in [-0.2, -0.15) is 0 Å². The lowest BCUT2D eigenvalue weighted by Gasteiger charge is -2.09. The van der Waals surface area contributed by atoms with Crippen molar-refractivity contribution in [2.45, 2.75) is 0 Å². The van der Waals surface area contributed by atoms with Crippen LogP contribution in [0, 0.1) is 0 Å². The fourth-order valence-corrected chi connectivity index (χ4v) is 2.24. The molecule has 0 unspecified atom stereocenters. The average molecular weight is 235 g/mol. The van der Waals surface area contributed by atoms with Crippen LogP contribution in [0.15, 0.2) is 60.7 Å². The summed E-state index contributed by atoms with van der Waals surface area (Å²) in [5, 5.41) is 12.1. The van der Waals surface area contributed by atoms with Crippen LogP contribution in [0.1, 0.15) is 0 Å². The predicted octanol–water partition coefficient (Wildman–Crippen LogP) is 3.79. The molecule has 2 heteroatoms. The van der Waals surface area contributed by atoms with Crippen LogP contribution in [0.3, 0.4) is 0 Å². The molecule has 0 bridgehead atoms. The number of rotatable bonds is 1. The Kier molecular flexibility index (Phi) is 2.41. The first-order chi connectivity index (χ1) is 8.75. The molecular weight excluding hydrogens is 222 g/mol. The smallest absolute Gasteiger partial charge is 0.123 e. The predicted molar refractivity (Wildman–Crippen MR) is 75.5 cm³/mol. The minimum Gasteiger partial charge on any atom is -0.507 e. The minimum atomic E-state index is 0.293. The number of aromatic hydroxyl groups is 1. The molecule has 0 fully saturated rings. The maximum atomic E-state index is 9.95. The van der Waals surface area contributed by atoms with Gasteiger partial charge in [0.1, 0.15) is 5.75 Å². The van der Waals surface area contributed by atoms with E-state index in [1.165, 1.54) is 0 Å². The normalized spacial score (nSPS) is 10.7. The van der Waals surface area contributed by atoms with Crippen molar-refractivity contribution >= 4 is 16.5 Å². The SMILES string of the molecule is Nc1ccc2c(-c3ccccc3O)cccc2c1. The van der Waals surface area contributed by atoms with E-state index >= 15 is 0 Å². The van der Waals surface area contributed by atoms with E-state index in [0.29, 0.717) is 5.75 Å². The van der Waals surface area contributed by atoms with Gasteiger partial charge in [0.25, 0.3) is 0 Å². The van der Waals surface area contributed by atoms with E-state index in [2.05, 4.69) is 0 Å². The Labute approximate surface area is 105 Å². The summed E-state index contributed by atoms with van der Waals surface area (Å²) in [5.41, 5.74) is 8.40. The van der Waals surface area contributed by atoms with Gasteiger partial charge in [-0.15, -0.1) is 0 Å². The van der Waals surface area contributed by atoms with Gasteiger partial charge in [-0.3, -0.25) is 0 Å². The largest absolute Gasteiger partial charge is 0.507 e. The van der Waals surface area contributed by atoms with Crippen LogP contribution < -0.4 is 5.73 Å². The number of fused-ring (bicyclic) bond motifs is 1. The number of para-hydroxylation sites is 1. The molecule has 88 valence electrons. The third-order valence-corrected chi connectivity index (χ3v) is 3.10. The van der Waals surface area contributed by atoms with Crippen molar-refractivity contribution in [1.82, 2.24) is 0 Å². The molecule has 0 amide bonds. The fourth-order valence-electron chi connectivity index (χ4n) is 2.24. The summed E-state index contributed by atoms with van der Waals surface area (Å²) < 4.78 is 0. The highest BCUT2D eigenvalue weighted by Gasteiger charge is 2.07. The summed E-state index contributed by atoms with van der Waals surface area (Å²) in [6, 6.07) is 19.2. The van der Waals surface area contributed by atoms with Crippen LogP contribution in [0.5, 0.6) is 5.75 Å². The van der Waals surface area contributed by atoms with Crippen molar-refractivity contribution < 1.29 is 5.11 Å². The Morgan fingerprint density at radius 1 is 0.778 bits per heavy atom. The average Bonchev–Trinajstić information content (AvgIpc) is 2.38. The maximum absolute atomic E-state index is 9.95. The molecular formula is C16H13NO. The lowest BCUT2D eigenvalue weighted by molar-refractivity contribution is 0.477. The van der Waals surface area contributed by atoms with Gasteiger partial charge in [-0.1, -0.05) is 42.5 Å². The first kappa shape index (κ1) is 10.7. The van der Waals surface area contributed by atoms with Gasteiger partial charge < -0.3 is 10.8 Å².